The van der Waals surface area contributed by atoms with E-state index in [0.717, 1.165) is 42.3 Å². The quantitative estimate of drug-likeness (QED) is 0.757. The van der Waals surface area contributed by atoms with E-state index in [1.807, 2.05) is 24.3 Å². The lowest BCUT2D eigenvalue weighted by molar-refractivity contribution is -0.130. The van der Waals surface area contributed by atoms with Gasteiger partial charge in [-0.05, 0) is 43.5 Å². The van der Waals surface area contributed by atoms with E-state index in [9.17, 15) is 4.79 Å². The van der Waals surface area contributed by atoms with Crippen LogP contribution in [-0.4, -0.2) is 29.1 Å². The van der Waals surface area contributed by atoms with Crippen LogP contribution in [0.1, 0.15) is 39.0 Å². The molecule has 0 N–H and O–H groups in total. The number of hydrogen-bond donors (Lipinski definition) is 0. The molecule has 0 unspecified atom stereocenters. The molecule has 0 bridgehead atoms. The molecule has 0 spiro atoms. The van der Waals surface area contributed by atoms with Gasteiger partial charge in [0.15, 0.2) is 0 Å². The largest absolute Gasteiger partial charge is 0.342 e. The standard InChI is InChI=1S/C16H22ClNOS/c1-2-15(20-14-9-7-13(17)8-10-14)16(19)18-11-5-3-4-6-12-18/h7-10,15H,2-6,11-12H2,1H3/t15-/m1/s1. The van der Waals surface area contributed by atoms with Crippen LogP contribution < -0.4 is 0 Å². The molecule has 1 fully saturated rings. The van der Waals surface area contributed by atoms with Crippen molar-refractivity contribution in [1.29, 1.82) is 0 Å². The van der Waals surface area contributed by atoms with Crippen LogP contribution in [0.5, 0.6) is 0 Å². The van der Waals surface area contributed by atoms with Gasteiger partial charge in [-0.15, -0.1) is 11.8 Å². The fourth-order valence-corrected chi connectivity index (χ4v) is 3.64. The van der Waals surface area contributed by atoms with Crippen molar-refractivity contribution in [2.75, 3.05) is 13.1 Å². The number of thioether (sulfide) groups is 1. The lowest BCUT2D eigenvalue weighted by Gasteiger charge is -2.25. The number of rotatable bonds is 4. The zero-order valence-corrected chi connectivity index (χ0v) is 13.6. The maximum absolute atomic E-state index is 12.6. The highest BCUT2D eigenvalue weighted by molar-refractivity contribution is 8.00. The minimum absolute atomic E-state index is 0.0225. The average Bonchev–Trinajstić information content (AvgIpc) is 2.75. The van der Waals surface area contributed by atoms with Gasteiger partial charge in [0.05, 0.1) is 5.25 Å². The molecule has 1 heterocycles. The smallest absolute Gasteiger partial charge is 0.236 e. The summed E-state index contributed by atoms with van der Waals surface area (Å²) in [5.74, 6) is 0.300. The molecule has 0 aromatic heterocycles. The molecule has 1 saturated heterocycles. The molecule has 4 heteroatoms. The molecular weight excluding hydrogens is 290 g/mol. The third-order valence-corrected chi connectivity index (χ3v) is 5.27. The second kappa shape index (κ2) is 7.94. The fraction of sp³-hybridized carbons (Fsp3) is 0.562. The van der Waals surface area contributed by atoms with Crippen LogP contribution >= 0.6 is 23.4 Å². The molecule has 1 aliphatic rings. The number of benzene rings is 1. The Bertz CT molecular complexity index is 427. The second-order valence-electron chi connectivity index (χ2n) is 5.21. The summed E-state index contributed by atoms with van der Waals surface area (Å²) < 4.78 is 0. The van der Waals surface area contributed by atoms with Crippen LogP contribution in [-0.2, 0) is 4.79 Å². The molecule has 1 aromatic carbocycles. The Kier molecular flexibility index (Phi) is 6.24. The summed E-state index contributed by atoms with van der Waals surface area (Å²) in [6.45, 7) is 3.94. The molecule has 2 nitrogen and oxygen atoms in total. The van der Waals surface area contributed by atoms with E-state index in [1.54, 1.807) is 11.8 Å². The van der Waals surface area contributed by atoms with Gasteiger partial charge in [0.1, 0.15) is 0 Å². The first-order valence-corrected chi connectivity index (χ1v) is 8.67. The van der Waals surface area contributed by atoms with Gasteiger partial charge in [-0.1, -0.05) is 31.4 Å². The zero-order chi connectivity index (χ0) is 14.4. The van der Waals surface area contributed by atoms with Crippen LogP contribution in [0.3, 0.4) is 0 Å². The van der Waals surface area contributed by atoms with Crippen LogP contribution in [0.25, 0.3) is 0 Å². The number of halogens is 1. The predicted octanol–water partition coefficient (Wildman–Crippen LogP) is 4.61. The van der Waals surface area contributed by atoms with Gasteiger partial charge in [0, 0.05) is 23.0 Å². The monoisotopic (exact) mass is 311 g/mol. The lowest BCUT2D eigenvalue weighted by atomic mass is 10.2. The average molecular weight is 312 g/mol. The normalized spacial score (nSPS) is 17.6. The molecule has 1 amide bonds. The molecule has 0 aliphatic carbocycles. The summed E-state index contributed by atoms with van der Waals surface area (Å²) in [5.41, 5.74) is 0. The van der Waals surface area contributed by atoms with Gasteiger partial charge < -0.3 is 4.90 Å². The molecule has 1 atom stereocenters. The first-order chi connectivity index (χ1) is 9.70. The van der Waals surface area contributed by atoms with Crippen LogP contribution in [0.4, 0.5) is 0 Å². The molecule has 2 rings (SSSR count). The molecule has 1 aliphatic heterocycles. The van der Waals surface area contributed by atoms with Crippen molar-refractivity contribution in [3.63, 3.8) is 0 Å². The number of carbonyl (C=O) groups excluding carboxylic acids is 1. The van der Waals surface area contributed by atoms with E-state index >= 15 is 0 Å². The van der Waals surface area contributed by atoms with Gasteiger partial charge in [0.2, 0.25) is 5.91 Å². The number of nitrogens with zero attached hydrogens (tertiary/aromatic N) is 1. The number of hydrogen-bond acceptors (Lipinski definition) is 2. The van der Waals surface area contributed by atoms with E-state index in [4.69, 9.17) is 11.6 Å². The first kappa shape index (κ1) is 15.7. The Morgan fingerprint density at radius 3 is 2.35 bits per heavy atom. The van der Waals surface area contributed by atoms with Crippen molar-refractivity contribution in [2.24, 2.45) is 0 Å². The van der Waals surface area contributed by atoms with E-state index in [0.29, 0.717) is 5.91 Å². The highest BCUT2D eigenvalue weighted by Gasteiger charge is 2.24. The SMILES string of the molecule is CC[C@@H](Sc1ccc(Cl)cc1)C(=O)N1CCCCCC1. The van der Waals surface area contributed by atoms with Crippen LogP contribution in [0, 0.1) is 0 Å². The van der Waals surface area contributed by atoms with Gasteiger partial charge in [-0.2, -0.15) is 0 Å². The fourth-order valence-electron chi connectivity index (χ4n) is 2.48. The second-order valence-corrected chi connectivity index (χ2v) is 6.92. The number of amides is 1. The van der Waals surface area contributed by atoms with E-state index in [2.05, 4.69) is 11.8 Å². The lowest BCUT2D eigenvalue weighted by Crippen LogP contribution is -2.38. The number of carbonyl (C=O) groups is 1. The first-order valence-electron chi connectivity index (χ1n) is 7.41. The molecular formula is C16H22ClNOS. The Morgan fingerprint density at radius 2 is 1.80 bits per heavy atom. The summed E-state index contributed by atoms with van der Waals surface area (Å²) in [7, 11) is 0. The van der Waals surface area contributed by atoms with Gasteiger partial charge in [-0.3, -0.25) is 4.79 Å². The van der Waals surface area contributed by atoms with E-state index < -0.39 is 0 Å². The molecule has 110 valence electrons. The van der Waals surface area contributed by atoms with Gasteiger partial charge in [-0.25, -0.2) is 0 Å². The topological polar surface area (TPSA) is 20.3 Å². The Morgan fingerprint density at radius 1 is 1.20 bits per heavy atom. The van der Waals surface area contributed by atoms with Crippen LogP contribution in [0.15, 0.2) is 29.2 Å². The summed E-state index contributed by atoms with van der Waals surface area (Å²) in [4.78, 5) is 15.8. The zero-order valence-electron chi connectivity index (χ0n) is 12.0. The highest BCUT2D eigenvalue weighted by atomic mass is 35.5. The van der Waals surface area contributed by atoms with Crippen molar-refractivity contribution < 1.29 is 4.79 Å². The summed E-state index contributed by atoms with van der Waals surface area (Å²) in [6, 6.07) is 7.75. The molecule has 20 heavy (non-hydrogen) atoms. The Labute approximate surface area is 130 Å². The molecule has 1 aromatic rings. The maximum atomic E-state index is 12.6. The predicted molar refractivity (Wildman–Crippen MR) is 86.4 cm³/mol. The Hall–Kier alpha value is -0.670. The Balaban J connectivity index is 1.99. The third kappa shape index (κ3) is 4.42. The van der Waals surface area contributed by atoms with E-state index in [1.165, 1.54) is 12.8 Å². The highest BCUT2D eigenvalue weighted by Crippen LogP contribution is 2.28. The van der Waals surface area contributed by atoms with Crippen molar-refractivity contribution in [3.05, 3.63) is 29.3 Å². The molecule has 0 saturated carbocycles. The maximum Gasteiger partial charge on any atom is 0.236 e. The minimum Gasteiger partial charge on any atom is -0.342 e. The van der Waals surface area contributed by atoms with Crippen molar-refractivity contribution >= 4 is 29.3 Å². The minimum atomic E-state index is 0.0225. The number of likely N-dealkylation sites (tertiary alicyclic amines) is 1. The molecule has 0 radical (unpaired) electrons. The van der Waals surface area contributed by atoms with Crippen LogP contribution in [0.2, 0.25) is 5.02 Å². The van der Waals surface area contributed by atoms with Crippen molar-refractivity contribution in [1.82, 2.24) is 4.90 Å². The summed E-state index contributed by atoms with van der Waals surface area (Å²) in [5, 5.41) is 0.760. The van der Waals surface area contributed by atoms with Gasteiger partial charge in [0.25, 0.3) is 0 Å². The third-order valence-electron chi connectivity index (χ3n) is 3.66. The van der Waals surface area contributed by atoms with E-state index in [-0.39, 0.29) is 5.25 Å². The van der Waals surface area contributed by atoms with Gasteiger partial charge >= 0.3 is 0 Å². The van der Waals surface area contributed by atoms with Crippen molar-refractivity contribution in [3.8, 4) is 0 Å². The summed E-state index contributed by atoms with van der Waals surface area (Å²) >= 11 is 7.56. The summed E-state index contributed by atoms with van der Waals surface area (Å²) in [6.07, 6.45) is 5.67. The van der Waals surface area contributed by atoms with Crippen molar-refractivity contribution in [2.45, 2.75) is 49.2 Å².